The highest BCUT2D eigenvalue weighted by Crippen LogP contribution is 2.32. The van der Waals surface area contributed by atoms with Crippen LogP contribution in [-0.4, -0.2) is 62.2 Å². The van der Waals surface area contributed by atoms with Gasteiger partial charge in [-0.3, -0.25) is 4.90 Å². The Morgan fingerprint density at radius 2 is 1.74 bits per heavy atom. The van der Waals surface area contributed by atoms with E-state index in [1.54, 1.807) is 14.2 Å². The first kappa shape index (κ1) is 15.2. The number of ether oxygens (including phenoxy) is 2. The van der Waals surface area contributed by atoms with Crippen LogP contribution < -0.4 is 0 Å². The highest BCUT2D eigenvalue weighted by molar-refractivity contribution is 4.89. The van der Waals surface area contributed by atoms with Crippen LogP contribution in [0.3, 0.4) is 0 Å². The average Bonchev–Trinajstić information content (AvgIpc) is 2.83. The van der Waals surface area contributed by atoms with Gasteiger partial charge < -0.3 is 14.6 Å². The first-order chi connectivity index (χ1) is 9.17. The summed E-state index contributed by atoms with van der Waals surface area (Å²) in [5.74, 6) is 1.22. The monoisotopic (exact) mass is 271 g/mol. The number of aliphatic hydroxyl groups excluding tert-OH is 1. The molecule has 0 aromatic rings. The van der Waals surface area contributed by atoms with Gasteiger partial charge >= 0.3 is 0 Å². The maximum Gasteiger partial charge on any atom is 0.0971 e. The molecule has 5 unspecified atom stereocenters. The van der Waals surface area contributed by atoms with Crippen molar-refractivity contribution in [3.63, 3.8) is 0 Å². The molecule has 1 saturated carbocycles. The second-order valence-electron chi connectivity index (χ2n) is 6.18. The highest BCUT2D eigenvalue weighted by Gasteiger charge is 2.36. The summed E-state index contributed by atoms with van der Waals surface area (Å²) in [5.41, 5.74) is 0. The molecule has 0 amide bonds. The molecular weight excluding hydrogens is 242 g/mol. The fourth-order valence-electron chi connectivity index (χ4n) is 3.66. The Labute approximate surface area is 117 Å². The number of likely N-dealkylation sites (tertiary alicyclic amines) is 1. The molecule has 0 radical (unpaired) electrons. The van der Waals surface area contributed by atoms with E-state index in [0.717, 1.165) is 32.0 Å². The number of nitrogens with zero attached hydrogens (tertiary/aromatic N) is 1. The van der Waals surface area contributed by atoms with Crippen molar-refractivity contribution >= 4 is 0 Å². The molecule has 2 rings (SSSR count). The van der Waals surface area contributed by atoms with Gasteiger partial charge in [0.05, 0.1) is 18.3 Å². The normalized spacial score (nSPS) is 40.7. The third-order valence-electron chi connectivity index (χ3n) is 5.02. The molecule has 112 valence electrons. The van der Waals surface area contributed by atoms with Gasteiger partial charge in [-0.1, -0.05) is 13.3 Å². The Kier molecular flexibility index (Phi) is 5.63. The molecule has 1 heterocycles. The molecule has 1 saturated heterocycles. The van der Waals surface area contributed by atoms with E-state index in [-0.39, 0.29) is 18.3 Å². The van der Waals surface area contributed by atoms with Crippen molar-refractivity contribution in [3.8, 4) is 0 Å². The van der Waals surface area contributed by atoms with Gasteiger partial charge in [0, 0.05) is 33.9 Å². The Hall–Kier alpha value is -0.160. The van der Waals surface area contributed by atoms with E-state index in [0.29, 0.717) is 5.92 Å². The minimum atomic E-state index is -0.120. The SMILES string of the molecule is CCC1CCC(O)C(CN2CC(OC)C(OC)C2)C1. The van der Waals surface area contributed by atoms with Crippen LogP contribution in [0.4, 0.5) is 0 Å². The number of hydrogen-bond donors (Lipinski definition) is 1. The summed E-state index contributed by atoms with van der Waals surface area (Å²) in [5, 5.41) is 10.2. The van der Waals surface area contributed by atoms with Crippen LogP contribution in [0.5, 0.6) is 0 Å². The van der Waals surface area contributed by atoms with Crippen LogP contribution >= 0.6 is 0 Å². The van der Waals surface area contributed by atoms with E-state index in [4.69, 9.17) is 9.47 Å². The van der Waals surface area contributed by atoms with Crippen LogP contribution in [0.2, 0.25) is 0 Å². The lowest BCUT2D eigenvalue weighted by Crippen LogP contribution is -2.38. The van der Waals surface area contributed by atoms with Gasteiger partial charge in [0.25, 0.3) is 0 Å². The number of aliphatic hydroxyl groups is 1. The molecule has 2 fully saturated rings. The molecule has 0 aromatic heterocycles. The van der Waals surface area contributed by atoms with Crippen molar-refractivity contribution in [2.24, 2.45) is 11.8 Å². The predicted octanol–water partition coefficient (Wildman–Crippen LogP) is 1.52. The summed E-state index contributed by atoms with van der Waals surface area (Å²) in [7, 11) is 3.51. The standard InChI is InChI=1S/C15H29NO3/c1-4-11-5-6-13(17)12(7-11)8-16-9-14(18-2)15(10-16)19-3/h11-15,17H,4-10H2,1-3H3. The van der Waals surface area contributed by atoms with Crippen LogP contribution in [-0.2, 0) is 9.47 Å². The summed E-state index contributed by atoms with van der Waals surface area (Å²) in [6, 6.07) is 0. The molecule has 4 nitrogen and oxygen atoms in total. The predicted molar refractivity (Wildman–Crippen MR) is 75.2 cm³/mol. The van der Waals surface area contributed by atoms with Crippen molar-refractivity contribution in [1.29, 1.82) is 0 Å². The Bertz CT molecular complexity index is 262. The zero-order valence-corrected chi connectivity index (χ0v) is 12.5. The lowest BCUT2D eigenvalue weighted by atomic mass is 9.78. The van der Waals surface area contributed by atoms with Crippen LogP contribution in [0.1, 0.15) is 32.6 Å². The van der Waals surface area contributed by atoms with E-state index >= 15 is 0 Å². The van der Waals surface area contributed by atoms with Gasteiger partial charge in [0.2, 0.25) is 0 Å². The van der Waals surface area contributed by atoms with Gasteiger partial charge in [-0.25, -0.2) is 0 Å². The zero-order chi connectivity index (χ0) is 13.8. The fraction of sp³-hybridized carbons (Fsp3) is 1.00. The smallest absolute Gasteiger partial charge is 0.0971 e. The third-order valence-corrected chi connectivity index (χ3v) is 5.02. The lowest BCUT2D eigenvalue weighted by molar-refractivity contribution is -0.00461. The summed E-state index contributed by atoms with van der Waals surface area (Å²) >= 11 is 0. The molecule has 1 N–H and O–H groups in total. The molecular formula is C15H29NO3. The molecule has 0 aromatic carbocycles. The minimum Gasteiger partial charge on any atom is -0.393 e. The van der Waals surface area contributed by atoms with Crippen molar-refractivity contribution in [1.82, 2.24) is 4.90 Å². The van der Waals surface area contributed by atoms with E-state index in [1.807, 2.05) is 0 Å². The van der Waals surface area contributed by atoms with E-state index in [1.165, 1.54) is 19.3 Å². The summed E-state index contributed by atoms with van der Waals surface area (Å²) in [6.45, 7) is 5.10. The van der Waals surface area contributed by atoms with E-state index in [2.05, 4.69) is 11.8 Å². The first-order valence-electron chi connectivity index (χ1n) is 7.63. The number of rotatable bonds is 5. The summed E-state index contributed by atoms with van der Waals surface area (Å²) in [4.78, 5) is 2.40. The van der Waals surface area contributed by atoms with Gasteiger partial charge in [-0.15, -0.1) is 0 Å². The summed E-state index contributed by atoms with van der Waals surface area (Å²) in [6.07, 6.45) is 4.80. The molecule has 1 aliphatic heterocycles. The fourth-order valence-corrected chi connectivity index (χ4v) is 3.66. The second kappa shape index (κ2) is 7.02. The van der Waals surface area contributed by atoms with Crippen LogP contribution in [0, 0.1) is 11.8 Å². The lowest BCUT2D eigenvalue weighted by Gasteiger charge is -2.35. The topological polar surface area (TPSA) is 41.9 Å². The molecule has 5 atom stereocenters. The average molecular weight is 271 g/mol. The van der Waals surface area contributed by atoms with Gasteiger partial charge in [0.15, 0.2) is 0 Å². The quantitative estimate of drug-likeness (QED) is 0.823. The van der Waals surface area contributed by atoms with Crippen LogP contribution in [0.15, 0.2) is 0 Å². The summed E-state index contributed by atoms with van der Waals surface area (Å²) < 4.78 is 10.9. The van der Waals surface area contributed by atoms with Crippen LogP contribution in [0.25, 0.3) is 0 Å². The molecule has 4 heteroatoms. The van der Waals surface area contributed by atoms with E-state index in [9.17, 15) is 5.11 Å². The van der Waals surface area contributed by atoms with Gasteiger partial charge in [0.1, 0.15) is 0 Å². The van der Waals surface area contributed by atoms with E-state index < -0.39 is 0 Å². The minimum absolute atomic E-state index is 0.120. The van der Waals surface area contributed by atoms with Gasteiger partial charge in [-0.2, -0.15) is 0 Å². The molecule has 0 spiro atoms. The third kappa shape index (κ3) is 3.69. The zero-order valence-electron chi connectivity index (χ0n) is 12.5. The number of hydrogen-bond acceptors (Lipinski definition) is 4. The molecule has 2 aliphatic rings. The highest BCUT2D eigenvalue weighted by atomic mass is 16.5. The molecule has 19 heavy (non-hydrogen) atoms. The molecule has 0 bridgehead atoms. The maximum absolute atomic E-state index is 10.2. The Morgan fingerprint density at radius 1 is 1.11 bits per heavy atom. The van der Waals surface area contributed by atoms with Crippen molar-refractivity contribution in [2.45, 2.75) is 50.9 Å². The van der Waals surface area contributed by atoms with Crippen molar-refractivity contribution in [3.05, 3.63) is 0 Å². The Morgan fingerprint density at radius 3 is 2.26 bits per heavy atom. The maximum atomic E-state index is 10.2. The van der Waals surface area contributed by atoms with Crippen molar-refractivity contribution < 1.29 is 14.6 Å². The van der Waals surface area contributed by atoms with Crippen molar-refractivity contribution in [2.75, 3.05) is 33.9 Å². The molecule has 1 aliphatic carbocycles. The van der Waals surface area contributed by atoms with Gasteiger partial charge in [-0.05, 0) is 31.1 Å². The first-order valence-corrected chi connectivity index (χ1v) is 7.63. The second-order valence-corrected chi connectivity index (χ2v) is 6.18. The number of methoxy groups -OCH3 is 2. The largest absolute Gasteiger partial charge is 0.393 e. The Balaban J connectivity index is 1.86.